The molecule has 0 aliphatic carbocycles. The fourth-order valence-corrected chi connectivity index (χ4v) is 9.28. The maximum absolute atomic E-state index is 12.9. The standard InChI is InChI=1S/C73H124O6/c1-4-7-10-13-16-19-22-25-28-31-33-35-36-37-38-39-41-42-45-48-51-54-57-60-63-66-72(75)78-69-70(68-77-71(74)65-62-59-56-53-50-47-44-30-27-24-21-18-15-12-9-6-3)79-73(76)67-64-61-58-55-52-49-46-43-40-34-32-29-26-23-20-17-14-11-8-5-2/h7,10,16,19,21,24-25,28,30,33,35,37-38,41-42,44,48,51,70H,4-6,8-9,11-15,17-18,20,22-23,26-27,29,31-32,34,36,39-40,43,45-47,49-50,52-69H2,1-3H3/b10-7-,19-16-,24-21-,28-25-,35-33-,38-37-,42-41-,44-30-,51-48-. The van der Waals surface area contributed by atoms with E-state index in [4.69, 9.17) is 14.2 Å². The minimum absolute atomic E-state index is 0.0948. The van der Waals surface area contributed by atoms with Gasteiger partial charge in [-0.3, -0.25) is 14.4 Å². The van der Waals surface area contributed by atoms with E-state index in [-0.39, 0.29) is 31.1 Å². The second kappa shape index (κ2) is 66.6. The van der Waals surface area contributed by atoms with Crippen molar-refractivity contribution in [1.29, 1.82) is 0 Å². The molecule has 0 saturated carbocycles. The maximum Gasteiger partial charge on any atom is 0.306 e. The molecule has 0 rings (SSSR count). The molecule has 0 aliphatic rings. The van der Waals surface area contributed by atoms with Crippen molar-refractivity contribution < 1.29 is 28.6 Å². The van der Waals surface area contributed by atoms with Crippen molar-refractivity contribution in [3.05, 3.63) is 109 Å². The highest BCUT2D eigenvalue weighted by atomic mass is 16.6. The van der Waals surface area contributed by atoms with Gasteiger partial charge in [-0.15, -0.1) is 0 Å². The highest BCUT2D eigenvalue weighted by Gasteiger charge is 2.19. The molecule has 0 aromatic rings. The second-order valence-electron chi connectivity index (χ2n) is 22.0. The molecular formula is C73H124O6. The summed E-state index contributed by atoms with van der Waals surface area (Å²) in [6.07, 6.45) is 90.9. The summed E-state index contributed by atoms with van der Waals surface area (Å²) in [4.78, 5) is 38.4. The monoisotopic (exact) mass is 1100 g/mol. The minimum Gasteiger partial charge on any atom is -0.462 e. The fourth-order valence-electron chi connectivity index (χ4n) is 9.28. The summed E-state index contributed by atoms with van der Waals surface area (Å²) in [5, 5.41) is 0. The average Bonchev–Trinajstić information content (AvgIpc) is 3.45. The van der Waals surface area contributed by atoms with Gasteiger partial charge in [0.2, 0.25) is 0 Å². The molecule has 6 heteroatoms. The molecule has 0 radical (unpaired) electrons. The molecule has 79 heavy (non-hydrogen) atoms. The smallest absolute Gasteiger partial charge is 0.306 e. The number of hydrogen-bond donors (Lipinski definition) is 0. The SMILES string of the molecule is CC/C=C\C/C=C\C/C=C\C/C=C\C/C=C\C/C=C\C/C=C\CCCCCC(=O)OCC(COC(=O)CCCCCCC/C=C\C/C=C\CCCCCC)OC(=O)CCCCCCCCCCCCCCCCCCCCCC. The van der Waals surface area contributed by atoms with Crippen molar-refractivity contribution in [2.45, 2.75) is 322 Å². The molecule has 0 N–H and O–H groups in total. The van der Waals surface area contributed by atoms with Crippen LogP contribution < -0.4 is 0 Å². The Morgan fingerprint density at radius 3 is 0.797 bits per heavy atom. The topological polar surface area (TPSA) is 78.9 Å². The van der Waals surface area contributed by atoms with Crippen LogP contribution in [-0.4, -0.2) is 37.2 Å². The summed E-state index contributed by atoms with van der Waals surface area (Å²) in [6.45, 7) is 6.50. The van der Waals surface area contributed by atoms with E-state index in [2.05, 4.69) is 130 Å². The van der Waals surface area contributed by atoms with Crippen molar-refractivity contribution in [2.24, 2.45) is 0 Å². The summed E-state index contributed by atoms with van der Waals surface area (Å²) < 4.78 is 16.9. The third-order valence-electron chi connectivity index (χ3n) is 14.3. The lowest BCUT2D eigenvalue weighted by molar-refractivity contribution is -0.167. The van der Waals surface area contributed by atoms with Gasteiger partial charge in [0, 0.05) is 19.3 Å². The van der Waals surface area contributed by atoms with Crippen molar-refractivity contribution in [1.82, 2.24) is 0 Å². The molecule has 452 valence electrons. The molecule has 6 nitrogen and oxygen atoms in total. The Hall–Kier alpha value is -3.93. The van der Waals surface area contributed by atoms with Gasteiger partial charge in [-0.05, 0) is 109 Å². The molecule has 0 fully saturated rings. The zero-order chi connectivity index (χ0) is 57.1. The molecular weight excluding hydrogens is 973 g/mol. The van der Waals surface area contributed by atoms with Gasteiger partial charge in [-0.1, -0.05) is 297 Å². The van der Waals surface area contributed by atoms with Crippen LogP contribution >= 0.6 is 0 Å². The van der Waals surface area contributed by atoms with E-state index in [9.17, 15) is 14.4 Å². The summed E-state index contributed by atoms with van der Waals surface area (Å²) in [5.74, 6) is -0.929. The molecule has 1 unspecified atom stereocenters. The summed E-state index contributed by atoms with van der Waals surface area (Å²) >= 11 is 0. The van der Waals surface area contributed by atoms with Gasteiger partial charge < -0.3 is 14.2 Å². The third-order valence-corrected chi connectivity index (χ3v) is 14.3. The molecule has 0 aromatic carbocycles. The van der Waals surface area contributed by atoms with Gasteiger partial charge in [-0.2, -0.15) is 0 Å². The van der Waals surface area contributed by atoms with E-state index in [0.29, 0.717) is 19.3 Å². The van der Waals surface area contributed by atoms with Crippen LogP contribution in [0, 0.1) is 0 Å². The quantitative estimate of drug-likeness (QED) is 0.0261. The number of hydrogen-bond acceptors (Lipinski definition) is 6. The molecule has 0 aliphatic heterocycles. The summed E-state index contributed by atoms with van der Waals surface area (Å²) in [7, 11) is 0. The zero-order valence-electron chi connectivity index (χ0n) is 51.9. The lowest BCUT2D eigenvalue weighted by Crippen LogP contribution is -2.30. The van der Waals surface area contributed by atoms with E-state index in [1.807, 2.05) is 0 Å². The summed E-state index contributed by atoms with van der Waals surface area (Å²) in [6, 6.07) is 0. The molecule has 0 amide bonds. The number of ether oxygens (including phenoxy) is 3. The van der Waals surface area contributed by atoms with Crippen LogP contribution in [0.25, 0.3) is 0 Å². The lowest BCUT2D eigenvalue weighted by Gasteiger charge is -2.18. The first-order valence-corrected chi connectivity index (χ1v) is 33.4. The Balaban J connectivity index is 4.44. The molecule has 1 atom stereocenters. The Kier molecular flexibility index (Phi) is 63.3. The van der Waals surface area contributed by atoms with Gasteiger partial charge in [-0.25, -0.2) is 0 Å². The van der Waals surface area contributed by atoms with E-state index in [1.165, 1.54) is 141 Å². The van der Waals surface area contributed by atoms with Crippen LogP contribution in [0.3, 0.4) is 0 Å². The summed E-state index contributed by atoms with van der Waals surface area (Å²) in [5.41, 5.74) is 0. The molecule has 0 spiro atoms. The number of carbonyl (C=O) groups excluding carboxylic acids is 3. The average molecular weight is 1100 g/mol. The Labute approximate surface area is 489 Å². The van der Waals surface area contributed by atoms with Crippen molar-refractivity contribution in [3.63, 3.8) is 0 Å². The van der Waals surface area contributed by atoms with Gasteiger partial charge >= 0.3 is 17.9 Å². The predicted molar refractivity (Wildman–Crippen MR) is 343 cm³/mol. The molecule has 0 bridgehead atoms. The first-order valence-electron chi connectivity index (χ1n) is 33.4. The van der Waals surface area contributed by atoms with Gasteiger partial charge in [0.05, 0.1) is 0 Å². The zero-order valence-corrected chi connectivity index (χ0v) is 51.9. The second-order valence-corrected chi connectivity index (χ2v) is 22.0. The highest BCUT2D eigenvalue weighted by molar-refractivity contribution is 5.71. The molecule has 0 heterocycles. The van der Waals surface area contributed by atoms with Crippen LogP contribution in [0.15, 0.2) is 109 Å². The van der Waals surface area contributed by atoms with Crippen molar-refractivity contribution in [3.8, 4) is 0 Å². The van der Waals surface area contributed by atoms with Crippen LogP contribution in [0.5, 0.6) is 0 Å². The van der Waals surface area contributed by atoms with E-state index < -0.39 is 6.10 Å². The van der Waals surface area contributed by atoms with Crippen LogP contribution in [0.1, 0.15) is 316 Å². The Morgan fingerprint density at radius 1 is 0.266 bits per heavy atom. The highest BCUT2D eigenvalue weighted by Crippen LogP contribution is 2.17. The minimum atomic E-state index is -0.800. The van der Waals surface area contributed by atoms with Crippen molar-refractivity contribution >= 4 is 17.9 Å². The first-order chi connectivity index (χ1) is 39.0. The largest absolute Gasteiger partial charge is 0.462 e. The van der Waals surface area contributed by atoms with Crippen LogP contribution in [0.2, 0.25) is 0 Å². The van der Waals surface area contributed by atoms with E-state index >= 15 is 0 Å². The molecule has 0 saturated heterocycles. The normalized spacial score (nSPS) is 12.8. The fraction of sp³-hybridized carbons (Fsp3) is 0.712. The maximum atomic E-state index is 12.9. The number of unbranched alkanes of at least 4 members (excludes halogenated alkanes) is 31. The Morgan fingerprint density at radius 2 is 0.494 bits per heavy atom. The van der Waals surface area contributed by atoms with Gasteiger partial charge in [0.25, 0.3) is 0 Å². The van der Waals surface area contributed by atoms with Crippen LogP contribution in [0.4, 0.5) is 0 Å². The van der Waals surface area contributed by atoms with Crippen molar-refractivity contribution in [2.75, 3.05) is 13.2 Å². The van der Waals surface area contributed by atoms with Gasteiger partial charge in [0.15, 0.2) is 6.10 Å². The first kappa shape index (κ1) is 75.1. The van der Waals surface area contributed by atoms with Gasteiger partial charge in [0.1, 0.15) is 13.2 Å². The number of carbonyl (C=O) groups is 3. The lowest BCUT2D eigenvalue weighted by atomic mass is 10.0. The number of allylic oxidation sites excluding steroid dienone is 18. The van der Waals surface area contributed by atoms with Crippen LogP contribution in [-0.2, 0) is 28.6 Å². The molecule has 0 aromatic heterocycles. The number of rotatable bonds is 60. The van der Waals surface area contributed by atoms with E-state index in [1.54, 1.807) is 0 Å². The number of esters is 3. The Bertz CT molecular complexity index is 1590. The predicted octanol–water partition coefficient (Wildman–Crippen LogP) is 23.0. The van der Waals surface area contributed by atoms with E-state index in [0.717, 1.165) is 135 Å². The third kappa shape index (κ3) is 64.8.